The molecule has 3 atom stereocenters. The van der Waals surface area contributed by atoms with Crippen LogP contribution in [0.1, 0.15) is 24.1 Å². The molecule has 0 saturated carbocycles. The molecule has 2 heterocycles. The van der Waals surface area contributed by atoms with Gasteiger partial charge in [-0.25, -0.2) is 0 Å². The first-order valence-corrected chi connectivity index (χ1v) is 7.02. The van der Waals surface area contributed by atoms with Gasteiger partial charge in [-0.15, -0.1) is 0 Å². The van der Waals surface area contributed by atoms with Crippen LogP contribution in [0.25, 0.3) is 0 Å². The predicted molar refractivity (Wildman–Crippen MR) is 73.8 cm³/mol. The Morgan fingerprint density at radius 3 is 3.05 bits per heavy atom. The Balaban J connectivity index is 1.79. The van der Waals surface area contributed by atoms with Gasteiger partial charge in [0.25, 0.3) is 0 Å². The largest absolute Gasteiger partial charge is 0.375 e. The smallest absolute Gasteiger partial charge is 0.0850 e. The van der Waals surface area contributed by atoms with E-state index in [1.807, 2.05) is 6.92 Å². The number of benzene rings is 1. The first-order valence-electron chi connectivity index (χ1n) is 7.02. The van der Waals surface area contributed by atoms with Crippen LogP contribution in [0.15, 0.2) is 24.3 Å². The van der Waals surface area contributed by atoms with Crippen molar-refractivity contribution >= 4 is 0 Å². The molecule has 1 aromatic carbocycles. The van der Waals surface area contributed by atoms with Gasteiger partial charge in [0, 0.05) is 19.1 Å². The first kappa shape index (κ1) is 13.1. The minimum atomic E-state index is 0.0718. The van der Waals surface area contributed by atoms with Crippen LogP contribution in [0.4, 0.5) is 0 Å². The third-order valence-electron chi connectivity index (χ3n) is 4.10. The number of nitrogens with zero attached hydrogens (tertiary/aromatic N) is 1. The number of fused-ring (bicyclic) bond motifs is 1. The Labute approximate surface area is 114 Å². The van der Waals surface area contributed by atoms with Crippen molar-refractivity contribution in [1.29, 1.82) is 0 Å². The van der Waals surface area contributed by atoms with Crippen LogP contribution in [-0.2, 0) is 16.1 Å². The van der Waals surface area contributed by atoms with E-state index in [1.165, 1.54) is 11.1 Å². The molecule has 4 heteroatoms. The molecule has 0 bridgehead atoms. The second kappa shape index (κ2) is 5.59. The van der Waals surface area contributed by atoms with Gasteiger partial charge >= 0.3 is 0 Å². The Morgan fingerprint density at radius 1 is 1.37 bits per heavy atom. The second-order valence-corrected chi connectivity index (χ2v) is 5.49. The number of hydrogen-bond acceptors (Lipinski definition) is 4. The summed E-state index contributed by atoms with van der Waals surface area (Å²) in [4.78, 5) is 2.45. The summed E-state index contributed by atoms with van der Waals surface area (Å²) < 4.78 is 11.5. The summed E-state index contributed by atoms with van der Waals surface area (Å²) in [6, 6.07) is 8.98. The summed E-state index contributed by atoms with van der Waals surface area (Å²) in [7, 11) is 0. The highest BCUT2D eigenvalue weighted by Crippen LogP contribution is 2.30. The van der Waals surface area contributed by atoms with E-state index in [-0.39, 0.29) is 12.1 Å². The number of ether oxygens (including phenoxy) is 2. The molecule has 1 aromatic rings. The lowest BCUT2D eigenvalue weighted by Gasteiger charge is -2.41. The number of hydrogen-bond donors (Lipinski definition) is 1. The van der Waals surface area contributed by atoms with Gasteiger partial charge in [0.15, 0.2) is 0 Å². The highest BCUT2D eigenvalue weighted by atomic mass is 16.5. The van der Waals surface area contributed by atoms with Crippen molar-refractivity contribution in [3.05, 3.63) is 35.4 Å². The van der Waals surface area contributed by atoms with Crippen LogP contribution >= 0.6 is 0 Å². The molecule has 0 amide bonds. The molecule has 3 rings (SSSR count). The van der Waals surface area contributed by atoms with Crippen molar-refractivity contribution in [3.8, 4) is 0 Å². The summed E-state index contributed by atoms with van der Waals surface area (Å²) in [6.07, 6.45) is 0.128. The lowest BCUT2D eigenvalue weighted by molar-refractivity contribution is -0.0703. The Bertz CT molecular complexity index is 436. The zero-order chi connectivity index (χ0) is 13.2. The molecule has 0 radical (unpaired) electrons. The average molecular weight is 262 g/mol. The molecular formula is C15H22N2O2. The third kappa shape index (κ3) is 2.67. The lowest BCUT2D eigenvalue weighted by Crippen LogP contribution is -2.51. The topological polar surface area (TPSA) is 47.7 Å². The quantitative estimate of drug-likeness (QED) is 0.873. The van der Waals surface area contributed by atoms with E-state index in [0.717, 1.165) is 32.9 Å². The van der Waals surface area contributed by atoms with Crippen molar-refractivity contribution < 1.29 is 9.47 Å². The standard InChI is InChI=1S/C15H22N2O2/c1-11(16)15-8-17(6-7-19-15)14-10-18-9-12-4-2-3-5-13(12)14/h2-5,11,14-15H,6-10,16H2,1H3. The monoisotopic (exact) mass is 262 g/mol. The Hall–Kier alpha value is -0.940. The first-order chi connectivity index (χ1) is 9.25. The maximum absolute atomic E-state index is 5.97. The highest BCUT2D eigenvalue weighted by molar-refractivity contribution is 5.31. The Kier molecular flexibility index (Phi) is 3.84. The summed E-state index contributed by atoms with van der Waals surface area (Å²) in [5, 5.41) is 0. The van der Waals surface area contributed by atoms with Gasteiger partial charge in [-0.3, -0.25) is 4.90 Å². The zero-order valence-electron chi connectivity index (χ0n) is 11.4. The number of nitrogens with two attached hydrogens (primary N) is 1. The van der Waals surface area contributed by atoms with E-state index >= 15 is 0 Å². The number of morpholine rings is 1. The fourth-order valence-electron chi connectivity index (χ4n) is 2.96. The van der Waals surface area contributed by atoms with Crippen LogP contribution in [0.2, 0.25) is 0 Å². The molecule has 3 unspecified atom stereocenters. The molecule has 0 aliphatic carbocycles. The normalized spacial score (nSPS) is 29.8. The third-order valence-corrected chi connectivity index (χ3v) is 4.10. The summed E-state index contributed by atoms with van der Waals surface area (Å²) in [5.74, 6) is 0. The summed E-state index contributed by atoms with van der Waals surface area (Å²) in [6.45, 7) is 6.10. The van der Waals surface area contributed by atoms with Gasteiger partial charge in [0.1, 0.15) is 0 Å². The van der Waals surface area contributed by atoms with Crippen molar-refractivity contribution in [1.82, 2.24) is 4.90 Å². The average Bonchev–Trinajstić information content (AvgIpc) is 2.47. The molecule has 0 spiro atoms. The van der Waals surface area contributed by atoms with Gasteiger partial charge < -0.3 is 15.2 Å². The lowest BCUT2D eigenvalue weighted by atomic mass is 9.97. The van der Waals surface area contributed by atoms with Gasteiger partial charge in [0.05, 0.1) is 32.0 Å². The van der Waals surface area contributed by atoms with E-state index in [0.29, 0.717) is 6.04 Å². The van der Waals surface area contributed by atoms with Crippen molar-refractivity contribution in [3.63, 3.8) is 0 Å². The SMILES string of the molecule is CC(N)C1CN(C2COCc3ccccc32)CCO1. The van der Waals surface area contributed by atoms with E-state index in [4.69, 9.17) is 15.2 Å². The zero-order valence-corrected chi connectivity index (χ0v) is 11.4. The van der Waals surface area contributed by atoms with Gasteiger partial charge in [-0.1, -0.05) is 24.3 Å². The molecule has 2 aliphatic heterocycles. The molecule has 2 N–H and O–H groups in total. The molecule has 104 valence electrons. The van der Waals surface area contributed by atoms with Crippen LogP contribution in [0.3, 0.4) is 0 Å². The molecule has 0 aromatic heterocycles. The van der Waals surface area contributed by atoms with Crippen molar-refractivity contribution in [2.24, 2.45) is 5.73 Å². The molecule has 1 fully saturated rings. The van der Waals surface area contributed by atoms with Gasteiger partial charge in [-0.2, -0.15) is 0 Å². The molecule has 1 saturated heterocycles. The molecule has 2 aliphatic rings. The predicted octanol–water partition coefficient (Wildman–Crippen LogP) is 1.31. The van der Waals surface area contributed by atoms with Crippen molar-refractivity contribution in [2.45, 2.75) is 31.7 Å². The highest BCUT2D eigenvalue weighted by Gasteiger charge is 2.31. The summed E-state index contributed by atoms with van der Waals surface area (Å²) in [5.41, 5.74) is 8.68. The van der Waals surface area contributed by atoms with Gasteiger partial charge in [-0.05, 0) is 18.1 Å². The van der Waals surface area contributed by atoms with E-state index in [1.54, 1.807) is 0 Å². The van der Waals surface area contributed by atoms with Crippen LogP contribution in [0, 0.1) is 0 Å². The maximum Gasteiger partial charge on any atom is 0.0850 e. The van der Waals surface area contributed by atoms with E-state index in [9.17, 15) is 0 Å². The van der Waals surface area contributed by atoms with Gasteiger partial charge in [0.2, 0.25) is 0 Å². The fraction of sp³-hybridized carbons (Fsp3) is 0.600. The van der Waals surface area contributed by atoms with E-state index < -0.39 is 0 Å². The maximum atomic E-state index is 5.97. The van der Waals surface area contributed by atoms with E-state index in [2.05, 4.69) is 29.2 Å². The minimum Gasteiger partial charge on any atom is -0.375 e. The number of rotatable bonds is 2. The van der Waals surface area contributed by atoms with Crippen LogP contribution < -0.4 is 5.73 Å². The molecular weight excluding hydrogens is 240 g/mol. The van der Waals surface area contributed by atoms with Crippen LogP contribution in [-0.4, -0.2) is 43.3 Å². The fourth-order valence-corrected chi connectivity index (χ4v) is 2.96. The second-order valence-electron chi connectivity index (χ2n) is 5.49. The Morgan fingerprint density at radius 2 is 2.21 bits per heavy atom. The molecule has 19 heavy (non-hydrogen) atoms. The van der Waals surface area contributed by atoms with Crippen LogP contribution in [0.5, 0.6) is 0 Å². The summed E-state index contributed by atoms with van der Waals surface area (Å²) >= 11 is 0. The minimum absolute atomic E-state index is 0.0718. The molecule has 4 nitrogen and oxygen atoms in total. The van der Waals surface area contributed by atoms with Crippen molar-refractivity contribution in [2.75, 3.05) is 26.3 Å².